The summed E-state index contributed by atoms with van der Waals surface area (Å²) < 4.78 is 17.3. The molecule has 0 atom stereocenters. The van der Waals surface area contributed by atoms with E-state index in [4.69, 9.17) is 14.2 Å². The van der Waals surface area contributed by atoms with Crippen molar-refractivity contribution in [1.82, 2.24) is 5.43 Å². The SMILES string of the molecule is C=CCOc1ccc(NC(=O)C(=O)N/N=C\c2cc(Br)c(OCC(=O)Nc3ccc(CC)cc3)c(OCC)c2)cc1. The molecule has 3 N–H and O–H groups in total. The van der Waals surface area contributed by atoms with Gasteiger partial charge in [-0.05, 0) is 88.9 Å². The van der Waals surface area contributed by atoms with E-state index in [1.165, 1.54) is 11.8 Å². The average molecular weight is 624 g/mol. The lowest BCUT2D eigenvalue weighted by atomic mass is 10.1. The number of carbonyl (C=O) groups excluding carboxylic acids is 3. The van der Waals surface area contributed by atoms with Gasteiger partial charge in [0.1, 0.15) is 12.4 Å². The molecule has 0 aliphatic heterocycles. The van der Waals surface area contributed by atoms with Crippen LogP contribution in [0.2, 0.25) is 0 Å². The maximum atomic E-state index is 12.4. The van der Waals surface area contributed by atoms with Crippen LogP contribution in [0, 0.1) is 0 Å². The topological polar surface area (TPSA) is 127 Å². The van der Waals surface area contributed by atoms with E-state index in [1.807, 2.05) is 31.2 Å². The molecular weight excluding hydrogens is 592 g/mol. The number of ether oxygens (including phenoxy) is 3. The summed E-state index contributed by atoms with van der Waals surface area (Å²) in [5, 5.41) is 9.14. The Labute approximate surface area is 246 Å². The van der Waals surface area contributed by atoms with Crippen LogP contribution in [0.25, 0.3) is 0 Å². The van der Waals surface area contributed by atoms with Crippen LogP contribution in [0.15, 0.2) is 82.9 Å². The first-order valence-electron chi connectivity index (χ1n) is 12.8. The van der Waals surface area contributed by atoms with Crippen molar-refractivity contribution in [2.75, 3.05) is 30.5 Å². The van der Waals surface area contributed by atoms with Crippen LogP contribution in [0.4, 0.5) is 11.4 Å². The minimum absolute atomic E-state index is 0.239. The number of halogens is 1. The summed E-state index contributed by atoms with van der Waals surface area (Å²) in [4.78, 5) is 36.8. The van der Waals surface area contributed by atoms with Gasteiger partial charge in [-0.3, -0.25) is 14.4 Å². The third-order valence-corrected chi connectivity index (χ3v) is 5.98. The van der Waals surface area contributed by atoms with Gasteiger partial charge in [0.15, 0.2) is 18.1 Å². The van der Waals surface area contributed by atoms with Gasteiger partial charge in [-0.15, -0.1) is 0 Å². The highest BCUT2D eigenvalue weighted by Crippen LogP contribution is 2.36. The highest BCUT2D eigenvalue weighted by atomic mass is 79.9. The van der Waals surface area contributed by atoms with E-state index >= 15 is 0 Å². The van der Waals surface area contributed by atoms with Crippen molar-refractivity contribution in [2.45, 2.75) is 20.3 Å². The Morgan fingerprint density at radius 2 is 1.59 bits per heavy atom. The molecule has 3 aromatic carbocycles. The number of carbonyl (C=O) groups is 3. The second-order valence-electron chi connectivity index (χ2n) is 8.43. The molecular formula is C30H31BrN4O6. The van der Waals surface area contributed by atoms with Gasteiger partial charge in [-0.2, -0.15) is 5.10 Å². The lowest BCUT2D eigenvalue weighted by molar-refractivity contribution is -0.136. The average Bonchev–Trinajstić information content (AvgIpc) is 2.97. The van der Waals surface area contributed by atoms with Gasteiger partial charge in [-0.1, -0.05) is 31.7 Å². The third-order valence-electron chi connectivity index (χ3n) is 5.39. The Balaban J connectivity index is 1.56. The van der Waals surface area contributed by atoms with E-state index in [0.29, 0.717) is 51.9 Å². The van der Waals surface area contributed by atoms with Gasteiger partial charge < -0.3 is 24.8 Å². The van der Waals surface area contributed by atoms with Gasteiger partial charge in [0, 0.05) is 11.4 Å². The van der Waals surface area contributed by atoms with Crippen molar-refractivity contribution in [3.63, 3.8) is 0 Å². The molecule has 0 aliphatic rings. The first-order chi connectivity index (χ1) is 19.8. The minimum atomic E-state index is -0.951. The second kappa shape index (κ2) is 15.8. The van der Waals surface area contributed by atoms with Crippen molar-refractivity contribution >= 4 is 51.2 Å². The van der Waals surface area contributed by atoms with Crippen LogP contribution in [0.5, 0.6) is 17.2 Å². The van der Waals surface area contributed by atoms with Crippen LogP contribution in [-0.4, -0.2) is 43.8 Å². The monoisotopic (exact) mass is 622 g/mol. The van der Waals surface area contributed by atoms with E-state index in [1.54, 1.807) is 42.5 Å². The molecule has 41 heavy (non-hydrogen) atoms. The molecule has 3 aromatic rings. The zero-order valence-electron chi connectivity index (χ0n) is 22.7. The Hall–Kier alpha value is -4.64. The number of rotatable bonds is 13. The number of hydrogen-bond donors (Lipinski definition) is 3. The molecule has 0 aliphatic carbocycles. The van der Waals surface area contributed by atoms with Gasteiger partial charge in [0.2, 0.25) is 0 Å². The summed E-state index contributed by atoms with van der Waals surface area (Å²) >= 11 is 3.44. The summed E-state index contributed by atoms with van der Waals surface area (Å²) in [6.07, 6.45) is 3.88. The zero-order chi connectivity index (χ0) is 29.6. The molecule has 11 heteroatoms. The van der Waals surface area contributed by atoms with E-state index < -0.39 is 11.8 Å². The molecule has 10 nitrogen and oxygen atoms in total. The van der Waals surface area contributed by atoms with Crippen LogP contribution in [0.3, 0.4) is 0 Å². The quantitative estimate of drug-likeness (QED) is 0.106. The number of hydrogen-bond acceptors (Lipinski definition) is 7. The number of benzene rings is 3. The molecule has 0 fully saturated rings. The van der Waals surface area contributed by atoms with Crippen LogP contribution in [0.1, 0.15) is 25.0 Å². The Morgan fingerprint density at radius 3 is 2.24 bits per heavy atom. The van der Waals surface area contributed by atoms with E-state index in [2.05, 4.69) is 50.6 Å². The van der Waals surface area contributed by atoms with Crippen molar-refractivity contribution in [3.8, 4) is 17.2 Å². The number of hydrazone groups is 1. The summed E-state index contributed by atoms with van der Waals surface area (Å²) in [5.41, 5.74) is 5.00. The van der Waals surface area contributed by atoms with Gasteiger partial charge >= 0.3 is 11.8 Å². The molecule has 0 bridgehead atoms. The lowest BCUT2D eigenvalue weighted by Gasteiger charge is -2.14. The normalized spacial score (nSPS) is 10.5. The summed E-state index contributed by atoms with van der Waals surface area (Å²) in [6, 6.07) is 17.4. The fourth-order valence-corrected chi connectivity index (χ4v) is 3.99. The van der Waals surface area contributed by atoms with Gasteiger partial charge in [0.25, 0.3) is 5.91 Å². The molecule has 3 amide bonds. The first-order valence-corrected chi connectivity index (χ1v) is 13.6. The second-order valence-corrected chi connectivity index (χ2v) is 9.28. The first kappa shape index (κ1) is 30.9. The van der Waals surface area contributed by atoms with Crippen molar-refractivity contribution in [1.29, 1.82) is 0 Å². The summed E-state index contributed by atoms with van der Waals surface area (Å²) in [6.45, 7) is 7.92. The third kappa shape index (κ3) is 9.80. The van der Waals surface area contributed by atoms with E-state index in [9.17, 15) is 14.4 Å². The van der Waals surface area contributed by atoms with E-state index in [-0.39, 0.29) is 12.5 Å². The standard InChI is InChI=1S/C30H31BrN4O6/c1-4-15-40-24-13-11-23(12-14-24)34-29(37)30(38)35-32-18-21-16-25(31)28(26(17-21)39-6-3)41-19-27(36)33-22-9-7-20(5-2)8-10-22/h4,7-14,16-18H,1,5-6,15,19H2,2-3H3,(H,33,36)(H,34,37)(H,35,38)/b32-18-. The smallest absolute Gasteiger partial charge is 0.329 e. The number of amides is 3. The maximum Gasteiger partial charge on any atom is 0.329 e. The Kier molecular flexibility index (Phi) is 11.9. The van der Waals surface area contributed by atoms with E-state index in [0.717, 1.165) is 6.42 Å². The highest BCUT2D eigenvalue weighted by molar-refractivity contribution is 9.10. The number of nitrogens with zero attached hydrogens (tertiary/aromatic N) is 1. The fourth-order valence-electron chi connectivity index (χ4n) is 3.42. The molecule has 0 saturated carbocycles. The lowest BCUT2D eigenvalue weighted by Crippen LogP contribution is -2.32. The molecule has 3 rings (SSSR count). The number of nitrogens with one attached hydrogen (secondary N) is 3. The summed E-state index contributed by atoms with van der Waals surface area (Å²) in [7, 11) is 0. The van der Waals surface area contributed by atoms with Crippen LogP contribution >= 0.6 is 15.9 Å². The highest BCUT2D eigenvalue weighted by Gasteiger charge is 2.15. The number of aryl methyl sites for hydroxylation is 1. The predicted molar refractivity (Wildman–Crippen MR) is 162 cm³/mol. The number of anilines is 2. The minimum Gasteiger partial charge on any atom is -0.490 e. The molecule has 214 valence electrons. The van der Waals surface area contributed by atoms with Gasteiger partial charge in [0.05, 0.1) is 17.3 Å². The van der Waals surface area contributed by atoms with Crippen molar-refractivity contribution < 1.29 is 28.6 Å². The molecule has 0 saturated heterocycles. The van der Waals surface area contributed by atoms with Crippen LogP contribution in [-0.2, 0) is 20.8 Å². The van der Waals surface area contributed by atoms with Crippen LogP contribution < -0.4 is 30.3 Å². The van der Waals surface area contributed by atoms with Crippen molar-refractivity contribution in [3.05, 3.63) is 88.9 Å². The molecule has 0 heterocycles. The fraction of sp³-hybridized carbons (Fsp3) is 0.200. The van der Waals surface area contributed by atoms with Crippen molar-refractivity contribution in [2.24, 2.45) is 5.10 Å². The Bertz CT molecular complexity index is 1390. The maximum absolute atomic E-state index is 12.4. The largest absolute Gasteiger partial charge is 0.490 e. The molecule has 0 unspecified atom stereocenters. The predicted octanol–water partition coefficient (Wildman–Crippen LogP) is 5.08. The molecule has 0 aromatic heterocycles. The zero-order valence-corrected chi connectivity index (χ0v) is 24.3. The van der Waals surface area contributed by atoms with Gasteiger partial charge in [-0.25, -0.2) is 5.43 Å². The molecule has 0 radical (unpaired) electrons. The summed E-state index contributed by atoms with van der Waals surface area (Å²) in [5.74, 6) is -0.856. The Morgan fingerprint density at radius 1 is 0.902 bits per heavy atom. The molecule has 0 spiro atoms.